The fraction of sp³-hybridized carbons (Fsp3) is 0.632. The topological polar surface area (TPSA) is 69.3 Å². The van der Waals surface area contributed by atoms with E-state index >= 15 is 0 Å². The molecule has 0 bridgehead atoms. The number of aromatic nitrogens is 2. The highest BCUT2D eigenvalue weighted by Crippen LogP contribution is 2.36. The molecule has 1 fully saturated rings. The van der Waals surface area contributed by atoms with Crippen LogP contribution in [-0.2, 0) is 17.6 Å². The van der Waals surface area contributed by atoms with Gasteiger partial charge in [-0.15, -0.1) is 11.3 Å². The number of aromatic amines is 1. The SMILES string of the molecule is CC(=O)N1CCN(C(C)c2nc3sc4c(c3c(=O)[nH]2)CCC(C)C4)CC1. The summed E-state index contributed by atoms with van der Waals surface area (Å²) in [5, 5.41) is 0.814. The average molecular weight is 375 g/mol. The number of fused-ring (bicyclic) bond motifs is 3. The van der Waals surface area contributed by atoms with Crippen molar-refractivity contribution in [1.29, 1.82) is 0 Å². The highest BCUT2D eigenvalue weighted by atomic mass is 32.1. The molecule has 2 aromatic heterocycles. The Kier molecular flexibility index (Phi) is 4.61. The van der Waals surface area contributed by atoms with E-state index in [1.54, 1.807) is 18.3 Å². The third-order valence-electron chi connectivity index (χ3n) is 5.89. The predicted molar refractivity (Wildman–Crippen MR) is 104 cm³/mol. The number of hydrogen-bond donors (Lipinski definition) is 1. The smallest absolute Gasteiger partial charge is 0.259 e. The highest BCUT2D eigenvalue weighted by Gasteiger charge is 2.27. The molecular formula is C19H26N4O2S. The monoisotopic (exact) mass is 374 g/mol. The van der Waals surface area contributed by atoms with Crippen LogP contribution in [0.5, 0.6) is 0 Å². The van der Waals surface area contributed by atoms with Crippen LogP contribution in [0.3, 0.4) is 0 Å². The Balaban J connectivity index is 1.61. The zero-order chi connectivity index (χ0) is 18.4. The summed E-state index contributed by atoms with van der Waals surface area (Å²) in [5.41, 5.74) is 1.23. The molecule has 1 saturated heterocycles. The number of thiophene rings is 1. The van der Waals surface area contributed by atoms with Crippen molar-refractivity contribution in [2.24, 2.45) is 5.92 Å². The van der Waals surface area contributed by atoms with Gasteiger partial charge < -0.3 is 9.88 Å². The molecule has 1 aliphatic heterocycles. The van der Waals surface area contributed by atoms with E-state index in [0.717, 1.165) is 61.5 Å². The molecule has 4 rings (SSSR count). The second-order valence-electron chi connectivity index (χ2n) is 7.70. The maximum absolute atomic E-state index is 12.8. The summed E-state index contributed by atoms with van der Waals surface area (Å²) >= 11 is 1.70. The van der Waals surface area contributed by atoms with Crippen molar-refractivity contribution in [3.05, 3.63) is 26.6 Å². The van der Waals surface area contributed by atoms with Gasteiger partial charge >= 0.3 is 0 Å². The summed E-state index contributed by atoms with van der Waals surface area (Å²) in [6.45, 7) is 9.06. The van der Waals surface area contributed by atoms with Crippen LogP contribution in [0.4, 0.5) is 0 Å². The second kappa shape index (κ2) is 6.78. The van der Waals surface area contributed by atoms with Gasteiger partial charge in [-0.3, -0.25) is 14.5 Å². The Morgan fingerprint density at radius 1 is 1.31 bits per heavy atom. The van der Waals surface area contributed by atoms with Crippen molar-refractivity contribution in [1.82, 2.24) is 19.8 Å². The number of nitrogens with one attached hydrogen (secondary N) is 1. The second-order valence-corrected chi connectivity index (χ2v) is 8.78. The van der Waals surface area contributed by atoms with Crippen molar-refractivity contribution in [2.45, 2.75) is 46.1 Å². The number of amides is 1. The summed E-state index contributed by atoms with van der Waals surface area (Å²) in [7, 11) is 0. The van der Waals surface area contributed by atoms with Crippen LogP contribution < -0.4 is 5.56 Å². The molecule has 1 aliphatic carbocycles. The van der Waals surface area contributed by atoms with E-state index in [4.69, 9.17) is 4.98 Å². The molecule has 0 saturated carbocycles. The van der Waals surface area contributed by atoms with Crippen molar-refractivity contribution >= 4 is 27.5 Å². The largest absolute Gasteiger partial charge is 0.340 e. The van der Waals surface area contributed by atoms with Gasteiger partial charge in [0.05, 0.1) is 11.4 Å². The first-order valence-electron chi connectivity index (χ1n) is 9.48. The maximum Gasteiger partial charge on any atom is 0.259 e. The number of hydrogen-bond acceptors (Lipinski definition) is 5. The molecule has 2 unspecified atom stereocenters. The minimum absolute atomic E-state index is 0.00581. The molecular weight excluding hydrogens is 348 g/mol. The van der Waals surface area contributed by atoms with Crippen LogP contribution in [0.2, 0.25) is 0 Å². The van der Waals surface area contributed by atoms with Gasteiger partial charge in [0, 0.05) is 38.0 Å². The van der Waals surface area contributed by atoms with Crippen LogP contribution in [0.1, 0.15) is 49.5 Å². The Labute approximate surface area is 157 Å². The van der Waals surface area contributed by atoms with Crippen molar-refractivity contribution in [3.63, 3.8) is 0 Å². The lowest BCUT2D eigenvalue weighted by molar-refractivity contribution is -0.130. The lowest BCUT2D eigenvalue weighted by Crippen LogP contribution is -2.49. The first kappa shape index (κ1) is 17.7. The number of carbonyl (C=O) groups excluding carboxylic acids is 1. The highest BCUT2D eigenvalue weighted by molar-refractivity contribution is 7.18. The number of aryl methyl sites for hydroxylation is 1. The minimum atomic E-state index is 0.00581. The summed E-state index contributed by atoms with van der Waals surface area (Å²) in [4.78, 5) is 38.6. The van der Waals surface area contributed by atoms with Crippen molar-refractivity contribution in [2.75, 3.05) is 26.2 Å². The molecule has 6 nitrogen and oxygen atoms in total. The first-order valence-corrected chi connectivity index (χ1v) is 10.3. The maximum atomic E-state index is 12.8. The third kappa shape index (κ3) is 3.07. The fourth-order valence-corrected chi connectivity index (χ4v) is 5.55. The lowest BCUT2D eigenvalue weighted by Gasteiger charge is -2.37. The van der Waals surface area contributed by atoms with Gasteiger partial charge in [0.25, 0.3) is 5.56 Å². The molecule has 0 spiro atoms. The molecule has 2 atom stereocenters. The van der Waals surface area contributed by atoms with E-state index < -0.39 is 0 Å². The Hall–Kier alpha value is -1.73. The van der Waals surface area contributed by atoms with Gasteiger partial charge in [0.15, 0.2) is 0 Å². The molecule has 1 amide bonds. The molecule has 3 heterocycles. The fourth-order valence-electron chi connectivity index (χ4n) is 4.16. The molecule has 1 N–H and O–H groups in total. The van der Waals surface area contributed by atoms with Gasteiger partial charge in [-0.05, 0) is 37.7 Å². The lowest BCUT2D eigenvalue weighted by atomic mass is 9.89. The third-order valence-corrected chi connectivity index (χ3v) is 7.04. The minimum Gasteiger partial charge on any atom is -0.340 e. The van der Waals surface area contributed by atoms with Crippen molar-refractivity contribution < 1.29 is 4.79 Å². The summed E-state index contributed by atoms with van der Waals surface area (Å²) in [6, 6.07) is 0.0410. The predicted octanol–water partition coefficient (Wildman–Crippen LogP) is 2.33. The van der Waals surface area contributed by atoms with Gasteiger partial charge in [-0.25, -0.2) is 4.98 Å². The van der Waals surface area contributed by atoms with Crippen LogP contribution in [0.25, 0.3) is 10.2 Å². The normalized spacial score (nSPS) is 22.4. The van der Waals surface area contributed by atoms with E-state index in [2.05, 4.69) is 23.7 Å². The summed E-state index contributed by atoms with van der Waals surface area (Å²) in [6.07, 6.45) is 3.20. The van der Waals surface area contributed by atoms with E-state index in [9.17, 15) is 9.59 Å². The molecule has 26 heavy (non-hydrogen) atoms. The molecule has 2 aliphatic rings. The van der Waals surface area contributed by atoms with Crippen LogP contribution >= 0.6 is 11.3 Å². The first-order chi connectivity index (χ1) is 12.4. The molecule has 0 aromatic carbocycles. The number of piperazine rings is 1. The Bertz CT molecular complexity index is 895. The van der Waals surface area contributed by atoms with E-state index in [1.165, 1.54) is 10.4 Å². The zero-order valence-corrected chi connectivity index (χ0v) is 16.5. The summed E-state index contributed by atoms with van der Waals surface area (Å²) < 4.78 is 0. The number of rotatable bonds is 2. The van der Waals surface area contributed by atoms with E-state index in [-0.39, 0.29) is 17.5 Å². The van der Waals surface area contributed by atoms with Gasteiger partial charge in [-0.2, -0.15) is 0 Å². The molecule has 140 valence electrons. The van der Waals surface area contributed by atoms with Crippen molar-refractivity contribution in [3.8, 4) is 0 Å². The standard InChI is InChI=1S/C19H26N4O2S/c1-11-4-5-14-15(10-11)26-19-16(14)18(25)20-17(21-19)12(2)22-6-8-23(9-7-22)13(3)24/h11-12H,4-10H2,1-3H3,(H,20,21,25). The van der Waals surface area contributed by atoms with E-state index in [1.807, 2.05) is 4.90 Å². The van der Waals surface area contributed by atoms with Gasteiger partial charge in [0.2, 0.25) is 5.91 Å². The average Bonchev–Trinajstić information content (AvgIpc) is 2.98. The zero-order valence-electron chi connectivity index (χ0n) is 15.7. The molecule has 2 aromatic rings. The van der Waals surface area contributed by atoms with Gasteiger partial charge in [0.1, 0.15) is 10.7 Å². The Morgan fingerprint density at radius 2 is 2.04 bits per heavy atom. The van der Waals surface area contributed by atoms with Crippen LogP contribution in [0, 0.1) is 5.92 Å². The quantitative estimate of drug-likeness (QED) is 0.876. The van der Waals surface area contributed by atoms with Crippen LogP contribution in [0.15, 0.2) is 4.79 Å². The number of nitrogens with zero attached hydrogens (tertiary/aromatic N) is 3. The molecule has 0 radical (unpaired) electrons. The van der Waals surface area contributed by atoms with E-state index in [0.29, 0.717) is 5.92 Å². The number of H-pyrrole nitrogens is 1. The van der Waals surface area contributed by atoms with Gasteiger partial charge in [-0.1, -0.05) is 6.92 Å². The number of carbonyl (C=O) groups is 1. The van der Waals surface area contributed by atoms with Crippen LogP contribution in [-0.4, -0.2) is 51.9 Å². The summed E-state index contributed by atoms with van der Waals surface area (Å²) in [5.74, 6) is 1.56. The Morgan fingerprint density at radius 3 is 2.73 bits per heavy atom. The molecule has 7 heteroatoms.